The lowest BCUT2D eigenvalue weighted by Crippen LogP contribution is -1.79. The van der Waals surface area contributed by atoms with Gasteiger partial charge in [0.2, 0.25) is 0 Å². The molecule has 0 aliphatic rings. The van der Waals surface area contributed by atoms with Crippen LogP contribution in [0.5, 0.6) is 0 Å². The van der Waals surface area contributed by atoms with E-state index in [-0.39, 0.29) is 0 Å². The largest absolute Gasteiger partial charge is 0.261 e. The molecule has 0 saturated carbocycles. The van der Waals surface area contributed by atoms with E-state index in [9.17, 15) is 0 Å². The predicted octanol–water partition coefficient (Wildman–Crippen LogP) is 2.34. The van der Waals surface area contributed by atoms with E-state index >= 15 is 0 Å². The monoisotopic (exact) mass is 142 g/mol. The van der Waals surface area contributed by atoms with Crippen molar-refractivity contribution in [3.05, 3.63) is 42.2 Å². The van der Waals surface area contributed by atoms with Gasteiger partial charge >= 0.3 is 0 Å². The Hall–Kier alpha value is -1.37. The van der Waals surface area contributed by atoms with Gasteiger partial charge in [0.05, 0.1) is 0 Å². The zero-order chi connectivity index (χ0) is 7.68. The Bertz CT molecular complexity index is 379. The molecule has 2 rings (SSSR count). The van der Waals surface area contributed by atoms with Crippen LogP contribution >= 0.6 is 0 Å². The smallest absolute Gasteiger partial charge is 0.0379 e. The molecule has 0 N–H and O–H groups in total. The van der Waals surface area contributed by atoms with Gasteiger partial charge in [0.15, 0.2) is 0 Å². The summed E-state index contributed by atoms with van der Waals surface area (Å²) in [5, 5.41) is 2.29. The van der Waals surface area contributed by atoms with E-state index in [1.165, 1.54) is 5.39 Å². The van der Waals surface area contributed by atoms with Crippen molar-refractivity contribution < 1.29 is 0 Å². The normalized spacial score (nSPS) is 10.3. The molecule has 1 radical (unpaired) electrons. The molecule has 0 aliphatic carbocycles. The second-order valence-corrected chi connectivity index (χ2v) is 2.58. The molecule has 1 heteroatoms. The third-order valence-corrected chi connectivity index (χ3v) is 1.68. The molecule has 0 aliphatic heterocycles. The molecule has 1 nitrogen and oxygen atoms in total. The fraction of sp³-hybridized carbons (Fsp3) is 0.100. The van der Waals surface area contributed by atoms with Crippen LogP contribution in [-0.2, 0) is 0 Å². The maximum atomic E-state index is 4.18. The summed E-state index contributed by atoms with van der Waals surface area (Å²) in [6, 6.07) is 11.1. The minimum atomic E-state index is 1.05. The SMILES string of the molecule is Cc1cc2ccc[c]c2cn1. The standard InChI is InChI=1S/C10H8N/c1-8-6-9-4-2-3-5-10(9)7-11-8/h2-4,6-7H,1H3. The predicted molar refractivity (Wildman–Crippen MR) is 45.3 cm³/mol. The van der Waals surface area contributed by atoms with Gasteiger partial charge in [0.25, 0.3) is 0 Å². The van der Waals surface area contributed by atoms with Gasteiger partial charge in [-0.25, -0.2) is 0 Å². The van der Waals surface area contributed by atoms with Gasteiger partial charge in [-0.2, -0.15) is 0 Å². The maximum absolute atomic E-state index is 4.18. The lowest BCUT2D eigenvalue weighted by atomic mass is 10.1. The average Bonchev–Trinajstić information content (AvgIpc) is 2.04. The molecule has 0 saturated heterocycles. The summed E-state index contributed by atoms with van der Waals surface area (Å²) in [6.07, 6.45) is 1.85. The van der Waals surface area contributed by atoms with Crippen LogP contribution in [0.25, 0.3) is 10.8 Å². The van der Waals surface area contributed by atoms with Crippen LogP contribution in [0.15, 0.2) is 30.5 Å². The van der Waals surface area contributed by atoms with Crippen LogP contribution in [0.3, 0.4) is 0 Å². The maximum Gasteiger partial charge on any atom is 0.0379 e. The van der Waals surface area contributed by atoms with Gasteiger partial charge in [-0.05, 0) is 24.4 Å². The van der Waals surface area contributed by atoms with Crippen LogP contribution in [0.2, 0.25) is 0 Å². The summed E-state index contributed by atoms with van der Waals surface area (Å²) in [4.78, 5) is 4.18. The van der Waals surface area contributed by atoms with Crippen molar-refractivity contribution >= 4 is 10.8 Å². The molecule has 1 heterocycles. The van der Waals surface area contributed by atoms with E-state index in [2.05, 4.69) is 23.2 Å². The molecular formula is C10H8N. The summed E-state index contributed by atoms with van der Waals surface area (Å²) in [5.41, 5.74) is 1.05. The van der Waals surface area contributed by atoms with Crippen molar-refractivity contribution in [3.8, 4) is 0 Å². The van der Waals surface area contributed by atoms with E-state index in [1.54, 1.807) is 0 Å². The Morgan fingerprint density at radius 1 is 1.45 bits per heavy atom. The Kier molecular flexibility index (Phi) is 1.35. The van der Waals surface area contributed by atoms with Crippen LogP contribution in [0.1, 0.15) is 5.69 Å². The molecule has 0 bridgehead atoms. The lowest BCUT2D eigenvalue weighted by molar-refractivity contribution is 1.22. The Labute approximate surface area is 65.7 Å². The molecule has 0 unspecified atom stereocenters. The van der Waals surface area contributed by atoms with Crippen LogP contribution in [0.4, 0.5) is 0 Å². The summed E-state index contributed by atoms with van der Waals surface area (Å²) >= 11 is 0. The molecule has 53 valence electrons. The fourth-order valence-electron chi connectivity index (χ4n) is 1.13. The topological polar surface area (TPSA) is 12.9 Å². The minimum absolute atomic E-state index is 1.05. The molecule has 11 heavy (non-hydrogen) atoms. The van der Waals surface area contributed by atoms with Gasteiger partial charge in [-0.15, -0.1) is 0 Å². The number of pyridine rings is 1. The molecule has 0 fully saturated rings. The number of fused-ring (bicyclic) bond motifs is 1. The van der Waals surface area contributed by atoms with E-state index in [4.69, 9.17) is 0 Å². The molecular weight excluding hydrogens is 134 g/mol. The minimum Gasteiger partial charge on any atom is -0.261 e. The number of hydrogen-bond donors (Lipinski definition) is 0. The number of aromatic nitrogens is 1. The van der Waals surface area contributed by atoms with Crippen molar-refractivity contribution in [2.75, 3.05) is 0 Å². The second-order valence-electron chi connectivity index (χ2n) is 2.58. The molecule has 0 amide bonds. The molecule has 1 aromatic heterocycles. The van der Waals surface area contributed by atoms with Gasteiger partial charge in [0.1, 0.15) is 0 Å². The molecule has 0 spiro atoms. The van der Waals surface area contributed by atoms with Gasteiger partial charge < -0.3 is 0 Å². The van der Waals surface area contributed by atoms with E-state index in [0.29, 0.717) is 0 Å². The van der Waals surface area contributed by atoms with Gasteiger partial charge in [-0.1, -0.05) is 18.2 Å². The number of aryl methyl sites for hydroxylation is 1. The van der Waals surface area contributed by atoms with Crippen LogP contribution < -0.4 is 0 Å². The van der Waals surface area contributed by atoms with Crippen molar-refractivity contribution in [2.45, 2.75) is 6.92 Å². The first-order valence-electron chi connectivity index (χ1n) is 3.59. The second kappa shape index (κ2) is 2.35. The Balaban J connectivity index is 2.83. The summed E-state index contributed by atoms with van der Waals surface area (Å²) in [7, 11) is 0. The van der Waals surface area contributed by atoms with E-state index < -0.39 is 0 Å². The number of benzene rings is 1. The van der Waals surface area contributed by atoms with Gasteiger partial charge in [0, 0.05) is 17.3 Å². The van der Waals surface area contributed by atoms with Crippen molar-refractivity contribution in [2.24, 2.45) is 0 Å². The van der Waals surface area contributed by atoms with Crippen LogP contribution in [-0.4, -0.2) is 4.98 Å². The third-order valence-electron chi connectivity index (χ3n) is 1.68. The highest BCUT2D eigenvalue weighted by atomic mass is 14.6. The third kappa shape index (κ3) is 1.09. The number of rotatable bonds is 0. The highest BCUT2D eigenvalue weighted by Gasteiger charge is 1.91. The molecule has 0 atom stereocenters. The quantitative estimate of drug-likeness (QED) is 0.550. The Morgan fingerprint density at radius 2 is 2.36 bits per heavy atom. The Morgan fingerprint density at radius 3 is 3.27 bits per heavy atom. The van der Waals surface area contributed by atoms with E-state index in [0.717, 1.165) is 11.1 Å². The molecule has 2 aromatic rings. The fourth-order valence-corrected chi connectivity index (χ4v) is 1.13. The summed E-state index contributed by atoms with van der Waals surface area (Å²) in [5.74, 6) is 0. The molecule has 1 aromatic carbocycles. The van der Waals surface area contributed by atoms with Gasteiger partial charge in [-0.3, -0.25) is 4.98 Å². The number of hydrogen-bond acceptors (Lipinski definition) is 1. The zero-order valence-electron chi connectivity index (χ0n) is 6.33. The first-order valence-corrected chi connectivity index (χ1v) is 3.59. The highest BCUT2D eigenvalue weighted by molar-refractivity contribution is 5.81. The lowest BCUT2D eigenvalue weighted by Gasteiger charge is -1.95. The van der Waals surface area contributed by atoms with Crippen molar-refractivity contribution in [1.29, 1.82) is 0 Å². The summed E-state index contributed by atoms with van der Waals surface area (Å²) < 4.78 is 0. The highest BCUT2D eigenvalue weighted by Crippen LogP contribution is 2.11. The first kappa shape index (κ1) is 6.35. The van der Waals surface area contributed by atoms with Crippen molar-refractivity contribution in [1.82, 2.24) is 4.98 Å². The van der Waals surface area contributed by atoms with Crippen LogP contribution in [0, 0.1) is 13.0 Å². The average molecular weight is 142 g/mol. The number of nitrogens with zero attached hydrogens (tertiary/aromatic N) is 1. The zero-order valence-corrected chi connectivity index (χ0v) is 6.33. The van der Waals surface area contributed by atoms with E-state index in [1.807, 2.05) is 25.3 Å². The first-order chi connectivity index (χ1) is 5.36. The summed E-state index contributed by atoms with van der Waals surface area (Å²) in [6.45, 7) is 1.99. The van der Waals surface area contributed by atoms with Crippen molar-refractivity contribution in [3.63, 3.8) is 0 Å².